The molecular weight excluding hydrogens is 342 g/mol. The van der Waals surface area contributed by atoms with Crippen molar-refractivity contribution in [3.05, 3.63) is 53.9 Å². The van der Waals surface area contributed by atoms with Crippen LogP contribution in [0.4, 0.5) is 11.4 Å². The van der Waals surface area contributed by atoms with E-state index in [-0.39, 0.29) is 12.7 Å². The van der Waals surface area contributed by atoms with Gasteiger partial charge in [-0.25, -0.2) is 0 Å². The molecule has 2 aliphatic rings. The van der Waals surface area contributed by atoms with Crippen LogP contribution < -0.4 is 20.1 Å². The summed E-state index contributed by atoms with van der Waals surface area (Å²) in [5.74, 6) is 1.12. The van der Waals surface area contributed by atoms with Crippen molar-refractivity contribution >= 4 is 17.3 Å². The number of carbonyl (C=O) groups excluding carboxylic acids is 1. The summed E-state index contributed by atoms with van der Waals surface area (Å²) in [6, 6.07) is 7.16. The van der Waals surface area contributed by atoms with Gasteiger partial charge in [0.25, 0.3) is 5.91 Å². The lowest BCUT2D eigenvalue weighted by atomic mass is 9.97. The molecule has 0 unspecified atom stereocenters. The molecule has 1 aliphatic carbocycles. The van der Waals surface area contributed by atoms with E-state index in [1.54, 1.807) is 30.6 Å². The fourth-order valence-electron chi connectivity index (χ4n) is 3.34. The van der Waals surface area contributed by atoms with E-state index < -0.39 is 0 Å². The largest absolute Gasteiger partial charge is 0.454 e. The van der Waals surface area contributed by atoms with Crippen LogP contribution in [0.3, 0.4) is 0 Å². The second kappa shape index (κ2) is 8.12. The lowest BCUT2D eigenvalue weighted by molar-refractivity contribution is 0.102. The monoisotopic (exact) mass is 365 g/mol. The highest BCUT2D eigenvalue weighted by Gasteiger charge is 2.15. The summed E-state index contributed by atoms with van der Waals surface area (Å²) in [7, 11) is 0. The van der Waals surface area contributed by atoms with Crippen molar-refractivity contribution < 1.29 is 14.3 Å². The van der Waals surface area contributed by atoms with Crippen LogP contribution in [-0.4, -0.2) is 24.2 Å². The van der Waals surface area contributed by atoms with E-state index in [2.05, 4.69) is 21.7 Å². The topological polar surface area (TPSA) is 72.5 Å². The number of allylic oxidation sites excluding steroid dienone is 1. The molecule has 0 bridgehead atoms. The molecule has 0 saturated carbocycles. The Morgan fingerprint density at radius 1 is 1.07 bits per heavy atom. The average molecular weight is 365 g/mol. The SMILES string of the molecule is O=C(Nc1ccc2c(c1)OCO2)c1cncc(NCCC2=CCCCC2)c1. The Morgan fingerprint density at radius 2 is 2.00 bits per heavy atom. The van der Waals surface area contributed by atoms with E-state index in [1.165, 1.54) is 31.3 Å². The summed E-state index contributed by atoms with van der Waals surface area (Å²) in [5, 5.41) is 6.24. The summed E-state index contributed by atoms with van der Waals surface area (Å²) in [4.78, 5) is 16.7. The first kappa shape index (κ1) is 17.4. The maximum Gasteiger partial charge on any atom is 0.257 e. The molecule has 6 nitrogen and oxygen atoms in total. The van der Waals surface area contributed by atoms with Crippen molar-refractivity contribution in [2.24, 2.45) is 0 Å². The molecule has 140 valence electrons. The highest BCUT2D eigenvalue weighted by Crippen LogP contribution is 2.34. The number of nitrogens with one attached hydrogen (secondary N) is 2. The summed E-state index contributed by atoms with van der Waals surface area (Å²) in [6.45, 7) is 1.06. The summed E-state index contributed by atoms with van der Waals surface area (Å²) >= 11 is 0. The molecule has 1 aromatic heterocycles. The van der Waals surface area contributed by atoms with Crippen LogP contribution in [0.15, 0.2) is 48.3 Å². The lowest BCUT2D eigenvalue weighted by Crippen LogP contribution is -2.13. The predicted octanol–water partition coefficient (Wildman–Crippen LogP) is 4.37. The lowest BCUT2D eigenvalue weighted by Gasteiger charge is -2.13. The van der Waals surface area contributed by atoms with E-state index in [0.29, 0.717) is 22.7 Å². The third-order valence-electron chi connectivity index (χ3n) is 4.79. The summed E-state index contributed by atoms with van der Waals surface area (Å²) < 4.78 is 10.6. The van der Waals surface area contributed by atoms with Crippen LogP contribution in [0.2, 0.25) is 0 Å². The molecule has 6 heteroatoms. The number of ether oxygens (including phenoxy) is 2. The van der Waals surface area contributed by atoms with Crippen molar-refractivity contribution in [3.63, 3.8) is 0 Å². The van der Waals surface area contributed by atoms with Gasteiger partial charge < -0.3 is 20.1 Å². The second-order valence-electron chi connectivity index (χ2n) is 6.77. The number of benzene rings is 1. The van der Waals surface area contributed by atoms with Crippen LogP contribution in [-0.2, 0) is 0 Å². The van der Waals surface area contributed by atoms with Crippen molar-refractivity contribution in [2.75, 3.05) is 24.0 Å². The van der Waals surface area contributed by atoms with Gasteiger partial charge in [0.05, 0.1) is 11.3 Å². The van der Waals surface area contributed by atoms with Gasteiger partial charge in [0.2, 0.25) is 6.79 Å². The number of pyridine rings is 1. The van der Waals surface area contributed by atoms with Crippen molar-refractivity contribution in [1.29, 1.82) is 0 Å². The van der Waals surface area contributed by atoms with Gasteiger partial charge in [0, 0.05) is 30.7 Å². The zero-order valence-electron chi connectivity index (χ0n) is 15.2. The third-order valence-corrected chi connectivity index (χ3v) is 4.79. The molecule has 2 aromatic rings. The van der Waals surface area contributed by atoms with E-state index in [1.807, 2.05) is 6.07 Å². The quantitative estimate of drug-likeness (QED) is 0.744. The Hall–Kier alpha value is -3.02. The number of anilines is 2. The molecular formula is C21H23N3O3. The van der Waals surface area contributed by atoms with Crippen molar-refractivity contribution in [2.45, 2.75) is 32.1 Å². The molecule has 2 N–H and O–H groups in total. The number of aromatic nitrogens is 1. The molecule has 0 fully saturated rings. The van der Waals surface area contributed by atoms with Crippen LogP contribution in [0.5, 0.6) is 11.5 Å². The molecule has 27 heavy (non-hydrogen) atoms. The number of rotatable bonds is 6. The highest BCUT2D eigenvalue weighted by atomic mass is 16.7. The van der Waals surface area contributed by atoms with Crippen LogP contribution in [0.25, 0.3) is 0 Å². The Labute approximate surface area is 158 Å². The van der Waals surface area contributed by atoms with Crippen LogP contribution in [0, 0.1) is 0 Å². The zero-order valence-corrected chi connectivity index (χ0v) is 15.2. The van der Waals surface area contributed by atoms with Gasteiger partial charge >= 0.3 is 0 Å². The Kier molecular flexibility index (Phi) is 5.23. The summed E-state index contributed by atoms with van der Waals surface area (Å²) in [5.41, 5.74) is 3.55. The number of hydrogen-bond donors (Lipinski definition) is 2. The van der Waals surface area contributed by atoms with Gasteiger partial charge in [-0.3, -0.25) is 9.78 Å². The standard InChI is InChI=1S/C21H23N3O3/c25-21(24-17-6-7-19-20(11-17)27-14-26-19)16-10-18(13-22-12-16)23-9-8-15-4-2-1-3-5-15/h4,6-7,10-13,23H,1-3,5,8-9,14H2,(H,24,25). The number of amides is 1. The van der Waals surface area contributed by atoms with Gasteiger partial charge in [-0.15, -0.1) is 0 Å². The maximum absolute atomic E-state index is 12.5. The minimum Gasteiger partial charge on any atom is -0.454 e. The fraction of sp³-hybridized carbons (Fsp3) is 0.333. The molecule has 0 saturated heterocycles. The first-order chi connectivity index (χ1) is 13.3. The van der Waals surface area contributed by atoms with Gasteiger partial charge in [0.1, 0.15) is 0 Å². The maximum atomic E-state index is 12.5. The Morgan fingerprint density at radius 3 is 2.89 bits per heavy atom. The van der Waals surface area contributed by atoms with Crippen molar-refractivity contribution in [1.82, 2.24) is 4.98 Å². The highest BCUT2D eigenvalue weighted by molar-refractivity contribution is 6.04. The van der Waals surface area contributed by atoms with E-state index in [0.717, 1.165) is 18.7 Å². The zero-order chi connectivity index (χ0) is 18.5. The molecule has 0 spiro atoms. The number of hydrogen-bond acceptors (Lipinski definition) is 5. The second-order valence-corrected chi connectivity index (χ2v) is 6.77. The fourth-order valence-corrected chi connectivity index (χ4v) is 3.34. The molecule has 1 amide bonds. The normalized spacial score (nSPS) is 15.2. The Bertz CT molecular complexity index is 864. The van der Waals surface area contributed by atoms with Crippen LogP contribution in [0.1, 0.15) is 42.5 Å². The third kappa shape index (κ3) is 4.39. The summed E-state index contributed by atoms with van der Waals surface area (Å²) in [6.07, 6.45) is 11.7. The first-order valence-corrected chi connectivity index (χ1v) is 9.36. The van der Waals surface area contributed by atoms with E-state index in [4.69, 9.17) is 9.47 Å². The van der Waals surface area contributed by atoms with Crippen molar-refractivity contribution in [3.8, 4) is 11.5 Å². The van der Waals surface area contributed by atoms with E-state index >= 15 is 0 Å². The number of fused-ring (bicyclic) bond motifs is 1. The van der Waals surface area contributed by atoms with Gasteiger partial charge in [0.15, 0.2) is 11.5 Å². The molecule has 0 radical (unpaired) electrons. The average Bonchev–Trinajstić information content (AvgIpc) is 3.17. The van der Waals surface area contributed by atoms with Gasteiger partial charge in [-0.05, 0) is 50.3 Å². The van der Waals surface area contributed by atoms with Crippen LogP contribution >= 0.6 is 0 Å². The van der Waals surface area contributed by atoms with Gasteiger partial charge in [-0.2, -0.15) is 0 Å². The van der Waals surface area contributed by atoms with Gasteiger partial charge in [-0.1, -0.05) is 11.6 Å². The molecule has 0 atom stereocenters. The smallest absolute Gasteiger partial charge is 0.257 e. The molecule has 1 aromatic carbocycles. The molecule has 2 heterocycles. The first-order valence-electron chi connectivity index (χ1n) is 9.36. The molecule has 4 rings (SSSR count). The minimum atomic E-state index is -0.208. The minimum absolute atomic E-state index is 0.208. The van der Waals surface area contributed by atoms with E-state index in [9.17, 15) is 4.79 Å². The predicted molar refractivity (Wildman–Crippen MR) is 104 cm³/mol. The Balaban J connectivity index is 1.35. The molecule has 1 aliphatic heterocycles. The number of carbonyl (C=O) groups is 1. The number of nitrogens with zero attached hydrogens (tertiary/aromatic N) is 1.